The molecule has 0 amide bonds. The van der Waals surface area contributed by atoms with Crippen LogP contribution in [0.25, 0.3) is 0 Å². The summed E-state index contributed by atoms with van der Waals surface area (Å²) < 4.78 is 79.6. The number of nitrogens with zero attached hydrogens (tertiary/aromatic N) is 3. The summed E-state index contributed by atoms with van der Waals surface area (Å²) in [4.78, 5) is 6.99. The molecule has 0 aliphatic rings. The standard InChI is InChI=1S/C15H15F4N3O2S/c1-3-22(25(23,24)13-8-20-10(2)21-9-13)14(15(17,18)19)11-4-6-12(16)7-5-11/h4-9,14H,3H2,1-2H3/t14-/m1/s1. The van der Waals surface area contributed by atoms with Crippen LogP contribution in [0.4, 0.5) is 17.6 Å². The summed E-state index contributed by atoms with van der Waals surface area (Å²) in [5.41, 5.74) is -0.382. The van der Waals surface area contributed by atoms with E-state index in [4.69, 9.17) is 0 Å². The molecule has 0 aliphatic heterocycles. The summed E-state index contributed by atoms with van der Waals surface area (Å²) in [7, 11) is -4.51. The molecule has 0 spiro atoms. The summed E-state index contributed by atoms with van der Waals surface area (Å²) in [6.45, 7) is 2.36. The number of aromatic nitrogens is 2. The number of benzene rings is 1. The number of hydrogen-bond donors (Lipinski definition) is 0. The minimum atomic E-state index is -4.90. The van der Waals surface area contributed by atoms with Crippen LogP contribution in [0.1, 0.15) is 24.4 Å². The van der Waals surface area contributed by atoms with Gasteiger partial charge in [0.15, 0.2) is 0 Å². The number of rotatable bonds is 5. The molecule has 1 atom stereocenters. The molecular formula is C15H15F4N3O2S. The van der Waals surface area contributed by atoms with Gasteiger partial charge in [0.25, 0.3) is 0 Å². The third-order valence-corrected chi connectivity index (χ3v) is 5.35. The number of halogens is 4. The predicted molar refractivity (Wildman–Crippen MR) is 81.5 cm³/mol. The minimum Gasteiger partial charge on any atom is -0.240 e. The van der Waals surface area contributed by atoms with Gasteiger partial charge in [0.2, 0.25) is 10.0 Å². The molecule has 25 heavy (non-hydrogen) atoms. The number of sulfonamides is 1. The second-order valence-electron chi connectivity index (χ2n) is 5.17. The van der Waals surface area contributed by atoms with E-state index in [9.17, 15) is 26.0 Å². The van der Waals surface area contributed by atoms with E-state index >= 15 is 0 Å². The molecule has 10 heteroatoms. The highest BCUT2D eigenvalue weighted by Gasteiger charge is 2.48. The highest BCUT2D eigenvalue weighted by Crippen LogP contribution is 2.40. The molecule has 0 radical (unpaired) electrons. The molecule has 0 N–H and O–H groups in total. The first kappa shape index (κ1) is 19.3. The van der Waals surface area contributed by atoms with Crippen LogP contribution in [0.15, 0.2) is 41.6 Å². The van der Waals surface area contributed by atoms with Crippen molar-refractivity contribution in [1.82, 2.24) is 14.3 Å². The highest BCUT2D eigenvalue weighted by atomic mass is 32.2. The van der Waals surface area contributed by atoms with Crippen LogP contribution in [0, 0.1) is 12.7 Å². The lowest BCUT2D eigenvalue weighted by Crippen LogP contribution is -2.42. The molecule has 2 rings (SSSR count). The Kier molecular flexibility index (Phi) is 5.43. The first-order valence-electron chi connectivity index (χ1n) is 7.20. The van der Waals surface area contributed by atoms with Crippen molar-refractivity contribution >= 4 is 10.0 Å². The fourth-order valence-electron chi connectivity index (χ4n) is 2.30. The van der Waals surface area contributed by atoms with Crippen molar-refractivity contribution < 1.29 is 26.0 Å². The van der Waals surface area contributed by atoms with Crippen molar-refractivity contribution in [2.75, 3.05) is 6.54 Å². The molecule has 0 fully saturated rings. The summed E-state index contributed by atoms with van der Waals surface area (Å²) in [6.07, 6.45) is -2.98. The molecule has 1 aromatic heterocycles. The molecule has 1 aromatic carbocycles. The van der Waals surface area contributed by atoms with E-state index in [-0.39, 0.29) is 11.4 Å². The van der Waals surface area contributed by atoms with Crippen molar-refractivity contribution in [3.63, 3.8) is 0 Å². The molecule has 1 heterocycles. The van der Waals surface area contributed by atoms with Gasteiger partial charge in [0, 0.05) is 6.54 Å². The van der Waals surface area contributed by atoms with Crippen LogP contribution in [0.3, 0.4) is 0 Å². The lowest BCUT2D eigenvalue weighted by atomic mass is 10.1. The largest absolute Gasteiger partial charge is 0.409 e. The summed E-state index contributed by atoms with van der Waals surface area (Å²) >= 11 is 0. The zero-order valence-corrected chi connectivity index (χ0v) is 14.1. The molecule has 0 unspecified atom stereocenters. The van der Waals surface area contributed by atoms with Gasteiger partial charge in [-0.2, -0.15) is 17.5 Å². The molecule has 0 bridgehead atoms. The van der Waals surface area contributed by atoms with E-state index in [1.165, 1.54) is 13.8 Å². The predicted octanol–water partition coefficient (Wildman–Crippen LogP) is 3.24. The Morgan fingerprint density at radius 3 is 2.08 bits per heavy atom. The molecule has 0 saturated carbocycles. The molecule has 0 saturated heterocycles. The van der Waals surface area contributed by atoms with Crippen LogP contribution in [0.2, 0.25) is 0 Å². The summed E-state index contributed by atoms with van der Waals surface area (Å²) in [5.74, 6) is -0.435. The Balaban J connectivity index is 2.56. The average molecular weight is 377 g/mol. The zero-order chi connectivity index (χ0) is 18.8. The van der Waals surface area contributed by atoms with E-state index in [2.05, 4.69) is 9.97 Å². The first-order chi connectivity index (χ1) is 11.6. The van der Waals surface area contributed by atoms with Crippen LogP contribution < -0.4 is 0 Å². The Hall–Kier alpha value is -2.07. The number of aryl methyl sites for hydroxylation is 1. The van der Waals surface area contributed by atoms with Crippen molar-refractivity contribution in [1.29, 1.82) is 0 Å². The Labute approximate surface area is 142 Å². The monoisotopic (exact) mass is 377 g/mol. The van der Waals surface area contributed by atoms with Gasteiger partial charge in [0.05, 0.1) is 12.4 Å². The molecular weight excluding hydrogens is 362 g/mol. The van der Waals surface area contributed by atoms with Crippen LogP contribution in [0.5, 0.6) is 0 Å². The van der Waals surface area contributed by atoms with Gasteiger partial charge < -0.3 is 0 Å². The maximum absolute atomic E-state index is 13.6. The van der Waals surface area contributed by atoms with E-state index in [0.717, 1.165) is 36.7 Å². The molecule has 0 aliphatic carbocycles. The van der Waals surface area contributed by atoms with Gasteiger partial charge >= 0.3 is 6.18 Å². The third kappa shape index (κ3) is 4.13. The maximum atomic E-state index is 13.6. The van der Waals surface area contributed by atoms with E-state index < -0.39 is 39.5 Å². The van der Waals surface area contributed by atoms with Crippen molar-refractivity contribution in [3.05, 3.63) is 53.9 Å². The van der Waals surface area contributed by atoms with Crippen molar-refractivity contribution in [2.45, 2.75) is 31.0 Å². The third-order valence-electron chi connectivity index (χ3n) is 3.46. The Bertz CT molecular complexity index is 821. The maximum Gasteiger partial charge on any atom is 0.409 e. The first-order valence-corrected chi connectivity index (χ1v) is 8.64. The normalized spacial score (nSPS) is 13.9. The quantitative estimate of drug-likeness (QED) is 0.751. The zero-order valence-electron chi connectivity index (χ0n) is 13.3. The van der Waals surface area contributed by atoms with Crippen molar-refractivity contribution in [2.24, 2.45) is 0 Å². The second-order valence-corrected chi connectivity index (χ2v) is 7.06. The lowest BCUT2D eigenvalue weighted by molar-refractivity contribution is -0.173. The molecule has 136 valence electrons. The van der Waals surface area contributed by atoms with Crippen molar-refractivity contribution in [3.8, 4) is 0 Å². The van der Waals surface area contributed by atoms with Gasteiger partial charge in [0.1, 0.15) is 22.6 Å². The molecule has 2 aromatic rings. The van der Waals surface area contributed by atoms with Crippen LogP contribution >= 0.6 is 0 Å². The van der Waals surface area contributed by atoms with E-state index in [0.29, 0.717) is 4.31 Å². The van der Waals surface area contributed by atoms with E-state index in [1.54, 1.807) is 0 Å². The second kappa shape index (κ2) is 7.04. The van der Waals surface area contributed by atoms with Crippen LogP contribution in [-0.4, -0.2) is 35.4 Å². The average Bonchev–Trinajstić information content (AvgIpc) is 2.52. The van der Waals surface area contributed by atoms with Gasteiger partial charge in [-0.25, -0.2) is 22.8 Å². The highest BCUT2D eigenvalue weighted by molar-refractivity contribution is 7.89. The summed E-state index contributed by atoms with van der Waals surface area (Å²) in [6, 6.07) is 1.08. The Morgan fingerprint density at radius 2 is 1.64 bits per heavy atom. The van der Waals surface area contributed by atoms with Gasteiger partial charge in [-0.15, -0.1) is 0 Å². The number of hydrogen-bond acceptors (Lipinski definition) is 4. The Morgan fingerprint density at radius 1 is 1.12 bits per heavy atom. The lowest BCUT2D eigenvalue weighted by Gasteiger charge is -2.31. The van der Waals surface area contributed by atoms with Gasteiger partial charge in [-0.3, -0.25) is 0 Å². The van der Waals surface area contributed by atoms with Gasteiger partial charge in [-0.1, -0.05) is 19.1 Å². The summed E-state index contributed by atoms with van der Waals surface area (Å²) in [5, 5.41) is 0. The van der Waals surface area contributed by atoms with E-state index in [1.807, 2.05) is 0 Å². The van der Waals surface area contributed by atoms with Crippen LogP contribution in [-0.2, 0) is 10.0 Å². The fourth-order valence-corrected chi connectivity index (χ4v) is 3.81. The fraction of sp³-hybridized carbons (Fsp3) is 0.333. The minimum absolute atomic E-state index is 0.285. The van der Waals surface area contributed by atoms with Gasteiger partial charge in [-0.05, 0) is 24.6 Å². The number of alkyl halides is 3. The topological polar surface area (TPSA) is 63.2 Å². The SMILES string of the molecule is CCN([C@H](c1ccc(F)cc1)C(F)(F)F)S(=O)(=O)c1cnc(C)nc1. The molecule has 5 nitrogen and oxygen atoms in total. The smallest absolute Gasteiger partial charge is 0.240 e.